The summed E-state index contributed by atoms with van der Waals surface area (Å²) in [6, 6.07) is 9.55. The van der Waals surface area contributed by atoms with Crippen molar-refractivity contribution in [3.63, 3.8) is 0 Å². The van der Waals surface area contributed by atoms with Crippen LogP contribution in [0.3, 0.4) is 0 Å². The second-order valence-electron chi connectivity index (χ2n) is 4.83. The molecule has 0 bridgehead atoms. The van der Waals surface area contributed by atoms with Crippen molar-refractivity contribution >= 4 is 0 Å². The van der Waals surface area contributed by atoms with Crippen LogP contribution in [-0.4, -0.2) is 24.0 Å². The minimum absolute atomic E-state index is 0.721. The van der Waals surface area contributed by atoms with Crippen LogP contribution in [0.1, 0.15) is 18.1 Å². The van der Waals surface area contributed by atoms with E-state index in [1.54, 1.807) is 0 Å². The van der Waals surface area contributed by atoms with Gasteiger partial charge in [0.1, 0.15) is 0 Å². The maximum absolute atomic E-state index is 3.36. The Hall–Kier alpha value is -0.860. The van der Waals surface area contributed by atoms with Gasteiger partial charge in [0, 0.05) is 32.2 Å². The van der Waals surface area contributed by atoms with Gasteiger partial charge in [0.2, 0.25) is 0 Å². The lowest BCUT2D eigenvalue weighted by molar-refractivity contribution is 0.121. The van der Waals surface area contributed by atoms with Gasteiger partial charge in [-0.25, -0.2) is 0 Å². The van der Waals surface area contributed by atoms with E-state index in [4.69, 9.17) is 0 Å². The maximum atomic E-state index is 3.36. The number of hydrogen-bond donors (Lipinski definition) is 1. The Morgan fingerprint density at radius 2 is 1.80 bits per heavy atom. The average Bonchev–Trinajstić information content (AvgIpc) is 2.58. The van der Waals surface area contributed by atoms with Gasteiger partial charge in [-0.2, -0.15) is 0 Å². The van der Waals surface area contributed by atoms with Crippen molar-refractivity contribution in [3.8, 4) is 0 Å². The van der Waals surface area contributed by atoms with Crippen molar-refractivity contribution in [2.45, 2.75) is 26.1 Å². The fourth-order valence-corrected chi connectivity index (χ4v) is 2.60. The molecule has 0 spiro atoms. The molecule has 0 radical (unpaired) electrons. The molecule has 2 heterocycles. The Morgan fingerprint density at radius 1 is 1.20 bits per heavy atom. The summed E-state index contributed by atoms with van der Waals surface area (Å²) in [7, 11) is 0. The lowest BCUT2D eigenvalue weighted by Gasteiger charge is -2.37. The smallest absolute Gasteiger partial charge is 0.0243 e. The van der Waals surface area contributed by atoms with Crippen molar-refractivity contribution in [2.75, 3.05) is 13.1 Å². The van der Waals surface area contributed by atoms with Gasteiger partial charge < -0.3 is 5.32 Å². The van der Waals surface area contributed by atoms with Gasteiger partial charge in [-0.1, -0.05) is 24.3 Å². The number of hydrogen-bond acceptors (Lipinski definition) is 2. The summed E-state index contributed by atoms with van der Waals surface area (Å²) < 4.78 is 0. The lowest BCUT2D eigenvalue weighted by atomic mass is 9.94. The van der Waals surface area contributed by atoms with Gasteiger partial charge in [0.15, 0.2) is 0 Å². The van der Waals surface area contributed by atoms with Crippen LogP contribution in [0, 0.1) is 5.92 Å². The molecular weight excluding hydrogens is 184 g/mol. The topological polar surface area (TPSA) is 15.3 Å². The monoisotopic (exact) mass is 202 g/mol. The molecule has 15 heavy (non-hydrogen) atoms. The summed E-state index contributed by atoms with van der Waals surface area (Å²) in [4.78, 5) is 2.61. The third-order valence-electron chi connectivity index (χ3n) is 3.94. The van der Waals surface area contributed by atoms with Gasteiger partial charge in [0.25, 0.3) is 0 Å². The zero-order valence-electron chi connectivity index (χ0n) is 9.24. The first-order valence-corrected chi connectivity index (χ1v) is 5.86. The molecule has 1 aromatic carbocycles. The highest BCUT2D eigenvalue weighted by Crippen LogP contribution is 2.27. The summed E-state index contributed by atoms with van der Waals surface area (Å²) in [6.45, 7) is 7.07. The van der Waals surface area contributed by atoms with Crippen LogP contribution in [0.5, 0.6) is 0 Å². The van der Waals surface area contributed by atoms with E-state index in [0.29, 0.717) is 0 Å². The highest BCUT2D eigenvalue weighted by Gasteiger charge is 2.31. The third kappa shape index (κ3) is 1.58. The van der Waals surface area contributed by atoms with E-state index in [-0.39, 0.29) is 0 Å². The van der Waals surface area contributed by atoms with Crippen LogP contribution in [0.15, 0.2) is 24.3 Å². The Labute approximate surface area is 91.3 Å². The van der Waals surface area contributed by atoms with E-state index in [2.05, 4.69) is 41.4 Å². The highest BCUT2D eigenvalue weighted by molar-refractivity contribution is 5.30. The van der Waals surface area contributed by atoms with Crippen LogP contribution < -0.4 is 5.32 Å². The van der Waals surface area contributed by atoms with Crippen LogP contribution in [-0.2, 0) is 13.1 Å². The largest absolute Gasteiger partial charge is 0.316 e. The van der Waals surface area contributed by atoms with Gasteiger partial charge in [0.05, 0.1) is 0 Å². The maximum Gasteiger partial charge on any atom is 0.0243 e. The van der Waals surface area contributed by atoms with E-state index in [9.17, 15) is 0 Å². The van der Waals surface area contributed by atoms with Gasteiger partial charge in [-0.3, -0.25) is 4.90 Å². The first-order chi connectivity index (χ1) is 7.34. The molecule has 0 amide bonds. The standard InChI is InChI=1S/C13H18N2/c1-10(13-6-14-7-13)15-8-11-4-2-3-5-12(11)9-15/h2-5,10,13-14H,6-9H2,1H3. The van der Waals surface area contributed by atoms with Crippen molar-refractivity contribution in [3.05, 3.63) is 35.4 Å². The molecule has 0 saturated carbocycles. The molecule has 2 aliphatic heterocycles. The van der Waals surface area contributed by atoms with Gasteiger partial charge in [-0.15, -0.1) is 0 Å². The number of rotatable bonds is 2. The lowest BCUT2D eigenvalue weighted by Crippen LogP contribution is -2.52. The minimum atomic E-state index is 0.721. The molecule has 0 aliphatic carbocycles. The molecule has 1 saturated heterocycles. The number of fused-ring (bicyclic) bond motifs is 1. The molecule has 0 aromatic heterocycles. The van der Waals surface area contributed by atoms with E-state index >= 15 is 0 Å². The molecule has 1 fully saturated rings. The summed E-state index contributed by atoms with van der Waals surface area (Å²) >= 11 is 0. The second-order valence-corrected chi connectivity index (χ2v) is 4.83. The predicted molar refractivity (Wildman–Crippen MR) is 61.5 cm³/mol. The molecule has 2 aliphatic rings. The Bertz CT molecular complexity index is 332. The molecule has 80 valence electrons. The molecule has 3 rings (SSSR count). The molecular formula is C13H18N2. The molecule has 2 nitrogen and oxygen atoms in total. The summed E-state index contributed by atoms with van der Waals surface area (Å²) in [5.74, 6) is 0.860. The summed E-state index contributed by atoms with van der Waals surface area (Å²) in [5, 5.41) is 3.36. The fourth-order valence-electron chi connectivity index (χ4n) is 2.60. The van der Waals surface area contributed by atoms with Gasteiger partial charge in [-0.05, 0) is 24.0 Å². The molecule has 1 atom stereocenters. The normalized spacial score (nSPS) is 23.5. The van der Waals surface area contributed by atoms with Crippen LogP contribution in [0.4, 0.5) is 0 Å². The third-order valence-corrected chi connectivity index (χ3v) is 3.94. The van der Waals surface area contributed by atoms with Gasteiger partial charge >= 0.3 is 0 Å². The first kappa shape index (κ1) is 9.37. The van der Waals surface area contributed by atoms with Crippen LogP contribution in [0.2, 0.25) is 0 Å². The highest BCUT2D eigenvalue weighted by atomic mass is 15.2. The number of nitrogens with one attached hydrogen (secondary N) is 1. The summed E-state index contributed by atoms with van der Waals surface area (Å²) in [5.41, 5.74) is 3.05. The minimum Gasteiger partial charge on any atom is -0.316 e. The first-order valence-electron chi connectivity index (χ1n) is 5.86. The fraction of sp³-hybridized carbons (Fsp3) is 0.538. The number of nitrogens with zero attached hydrogens (tertiary/aromatic N) is 1. The summed E-state index contributed by atoms with van der Waals surface area (Å²) in [6.07, 6.45) is 0. The van der Waals surface area contributed by atoms with E-state index in [1.165, 1.54) is 24.2 Å². The molecule has 1 aromatic rings. The second kappa shape index (κ2) is 3.62. The van der Waals surface area contributed by atoms with Crippen molar-refractivity contribution in [2.24, 2.45) is 5.92 Å². The van der Waals surface area contributed by atoms with Crippen molar-refractivity contribution < 1.29 is 0 Å². The van der Waals surface area contributed by atoms with Crippen LogP contribution in [0.25, 0.3) is 0 Å². The number of benzene rings is 1. The van der Waals surface area contributed by atoms with E-state index < -0.39 is 0 Å². The van der Waals surface area contributed by atoms with E-state index in [1.807, 2.05) is 0 Å². The molecule has 1 unspecified atom stereocenters. The zero-order chi connectivity index (χ0) is 10.3. The Morgan fingerprint density at radius 3 is 2.27 bits per heavy atom. The quantitative estimate of drug-likeness (QED) is 0.784. The van der Waals surface area contributed by atoms with Crippen molar-refractivity contribution in [1.29, 1.82) is 0 Å². The van der Waals surface area contributed by atoms with Crippen molar-refractivity contribution in [1.82, 2.24) is 10.2 Å². The Balaban J connectivity index is 1.72. The van der Waals surface area contributed by atoms with E-state index in [0.717, 1.165) is 25.0 Å². The molecule has 1 N–H and O–H groups in total. The SMILES string of the molecule is CC(C1CNC1)N1Cc2ccccc2C1. The predicted octanol–water partition coefficient (Wildman–Crippen LogP) is 1.61. The average molecular weight is 202 g/mol. The zero-order valence-corrected chi connectivity index (χ0v) is 9.24. The van der Waals surface area contributed by atoms with Crippen LogP contribution >= 0.6 is 0 Å². The molecule has 2 heteroatoms. The Kier molecular flexibility index (Phi) is 2.26.